The number of aromatic carboxylic acids is 1. The number of allylic oxidation sites excluding steroid dienone is 1. The Bertz CT molecular complexity index is 578. The van der Waals surface area contributed by atoms with Crippen LogP contribution in [0.15, 0.2) is 48.3 Å². The van der Waals surface area contributed by atoms with Crippen LogP contribution in [-0.4, -0.2) is 26.4 Å². The van der Waals surface area contributed by atoms with E-state index in [1.54, 1.807) is 24.3 Å². The van der Waals surface area contributed by atoms with Crippen molar-refractivity contribution in [2.24, 2.45) is 0 Å². The number of thioether (sulfide) groups is 1. The molecule has 1 saturated heterocycles. The van der Waals surface area contributed by atoms with Gasteiger partial charge in [-0.2, -0.15) is 0 Å². The van der Waals surface area contributed by atoms with E-state index >= 15 is 0 Å². The molecule has 0 amide bonds. The van der Waals surface area contributed by atoms with Crippen LogP contribution in [0.5, 0.6) is 5.75 Å². The van der Waals surface area contributed by atoms with Gasteiger partial charge in [0.15, 0.2) is 0 Å². The van der Waals surface area contributed by atoms with Crippen LogP contribution in [0.4, 0.5) is 0 Å². The van der Waals surface area contributed by atoms with Gasteiger partial charge in [-0.25, -0.2) is 4.79 Å². The largest absolute Gasteiger partial charge is 0.478 e. The first-order chi connectivity index (χ1) is 8.57. The molecule has 3 rings (SSSR count). The number of carboxylic acid groups (broad SMARTS) is 1. The number of benzene rings is 1. The van der Waals surface area contributed by atoms with Crippen molar-refractivity contribution in [3.8, 4) is 5.75 Å². The molecule has 1 fully saturated rings. The van der Waals surface area contributed by atoms with Crippen LogP contribution in [0.1, 0.15) is 10.4 Å². The second-order valence-electron chi connectivity index (χ2n) is 4.13. The van der Waals surface area contributed by atoms with E-state index < -0.39 is 10.9 Å². The second-order valence-corrected chi connectivity index (χ2v) is 5.53. The molecule has 1 aromatic rings. The standard InChI is InChI=1S/C13H10O4S/c14-12(15)8-2-1-3-9(6-8)17-10-4-5-13(16)11(7-10)18-13/h1-7,11,16H,(H,14,15). The Labute approximate surface area is 108 Å². The maximum absolute atomic E-state index is 10.8. The van der Waals surface area contributed by atoms with Gasteiger partial charge in [-0.1, -0.05) is 6.07 Å². The van der Waals surface area contributed by atoms with Crippen LogP contribution in [0.2, 0.25) is 0 Å². The molecule has 0 bridgehead atoms. The molecule has 0 radical (unpaired) electrons. The number of ether oxygens (including phenoxy) is 1. The van der Waals surface area contributed by atoms with Crippen molar-refractivity contribution in [1.82, 2.24) is 0 Å². The highest BCUT2D eigenvalue weighted by Crippen LogP contribution is 2.55. The summed E-state index contributed by atoms with van der Waals surface area (Å²) in [7, 11) is 0. The molecule has 5 heteroatoms. The molecule has 0 aromatic heterocycles. The zero-order valence-corrected chi connectivity index (χ0v) is 10.1. The normalized spacial score (nSPS) is 28.3. The monoisotopic (exact) mass is 262 g/mol. The minimum absolute atomic E-state index is 0.0418. The molecule has 2 unspecified atom stereocenters. The quantitative estimate of drug-likeness (QED) is 0.816. The van der Waals surface area contributed by atoms with Gasteiger partial charge >= 0.3 is 5.97 Å². The van der Waals surface area contributed by atoms with E-state index in [-0.39, 0.29) is 10.8 Å². The van der Waals surface area contributed by atoms with Crippen LogP contribution < -0.4 is 4.74 Å². The summed E-state index contributed by atoms with van der Waals surface area (Å²) >= 11 is 1.44. The van der Waals surface area contributed by atoms with Crippen LogP contribution in [-0.2, 0) is 0 Å². The third kappa shape index (κ3) is 2.02. The Morgan fingerprint density at radius 3 is 3.00 bits per heavy atom. The van der Waals surface area contributed by atoms with Gasteiger partial charge in [0.25, 0.3) is 0 Å². The molecular weight excluding hydrogens is 252 g/mol. The SMILES string of the molecule is O=C(O)c1cccc(OC2=CC3SC3(O)C=C2)c1. The van der Waals surface area contributed by atoms with Gasteiger partial charge in [0.2, 0.25) is 0 Å². The lowest BCUT2D eigenvalue weighted by molar-refractivity contribution is 0.0696. The molecule has 2 N–H and O–H groups in total. The predicted molar refractivity (Wildman–Crippen MR) is 67.6 cm³/mol. The lowest BCUT2D eigenvalue weighted by atomic mass is 10.1. The first-order valence-electron chi connectivity index (χ1n) is 5.39. The summed E-state index contributed by atoms with van der Waals surface area (Å²) < 4.78 is 5.57. The van der Waals surface area contributed by atoms with Crippen molar-refractivity contribution >= 4 is 17.7 Å². The van der Waals surface area contributed by atoms with Crippen LogP contribution in [0.25, 0.3) is 0 Å². The minimum Gasteiger partial charge on any atom is -0.478 e. The summed E-state index contributed by atoms with van der Waals surface area (Å²) in [4.78, 5) is 10.1. The molecule has 1 aliphatic heterocycles. The van der Waals surface area contributed by atoms with E-state index in [4.69, 9.17) is 9.84 Å². The summed E-state index contributed by atoms with van der Waals surface area (Å²) in [5.41, 5.74) is 0.185. The Morgan fingerprint density at radius 1 is 1.44 bits per heavy atom. The summed E-state index contributed by atoms with van der Waals surface area (Å²) in [6.07, 6.45) is 5.22. The molecule has 2 atom stereocenters. The molecular formula is C13H10O4S. The van der Waals surface area contributed by atoms with E-state index in [0.717, 1.165) is 0 Å². The maximum Gasteiger partial charge on any atom is 0.335 e. The van der Waals surface area contributed by atoms with Crippen molar-refractivity contribution in [2.75, 3.05) is 0 Å². The zero-order chi connectivity index (χ0) is 12.8. The highest BCUT2D eigenvalue weighted by atomic mass is 32.2. The Hall–Kier alpha value is -1.72. The van der Waals surface area contributed by atoms with Crippen LogP contribution in [0, 0.1) is 0 Å². The summed E-state index contributed by atoms with van der Waals surface area (Å²) in [5, 5.41) is 18.7. The molecule has 4 nitrogen and oxygen atoms in total. The van der Waals surface area contributed by atoms with E-state index in [1.807, 2.05) is 6.08 Å². The Balaban J connectivity index is 1.78. The van der Waals surface area contributed by atoms with E-state index in [2.05, 4.69) is 0 Å². The fourth-order valence-corrected chi connectivity index (χ4v) is 2.59. The van der Waals surface area contributed by atoms with Gasteiger partial charge in [-0.15, -0.1) is 11.8 Å². The predicted octanol–water partition coefficient (Wildman–Crippen LogP) is 2.02. The summed E-state index contributed by atoms with van der Waals surface area (Å²) in [6, 6.07) is 6.31. The smallest absolute Gasteiger partial charge is 0.335 e. The first-order valence-corrected chi connectivity index (χ1v) is 6.27. The molecule has 0 saturated carbocycles. The Morgan fingerprint density at radius 2 is 2.28 bits per heavy atom. The summed E-state index contributed by atoms with van der Waals surface area (Å²) in [6.45, 7) is 0. The van der Waals surface area contributed by atoms with Crippen molar-refractivity contribution in [3.63, 3.8) is 0 Å². The van der Waals surface area contributed by atoms with E-state index in [9.17, 15) is 9.90 Å². The van der Waals surface area contributed by atoms with E-state index in [0.29, 0.717) is 11.5 Å². The number of hydrogen-bond acceptors (Lipinski definition) is 4. The van der Waals surface area contributed by atoms with E-state index in [1.165, 1.54) is 23.9 Å². The van der Waals surface area contributed by atoms with Crippen molar-refractivity contribution < 1.29 is 19.7 Å². The van der Waals surface area contributed by atoms with Crippen LogP contribution >= 0.6 is 11.8 Å². The fraction of sp³-hybridized carbons (Fsp3) is 0.154. The number of aliphatic hydroxyl groups is 1. The minimum atomic E-state index is -0.985. The third-order valence-electron chi connectivity index (χ3n) is 2.78. The average molecular weight is 262 g/mol. The van der Waals surface area contributed by atoms with Crippen molar-refractivity contribution in [1.29, 1.82) is 0 Å². The lowest BCUT2D eigenvalue weighted by Crippen LogP contribution is -2.13. The molecule has 0 spiro atoms. The summed E-state index contributed by atoms with van der Waals surface area (Å²) in [5.74, 6) is 0.111. The van der Waals surface area contributed by atoms with Gasteiger partial charge in [0, 0.05) is 0 Å². The number of hydrogen-bond donors (Lipinski definition) is 2. The first kappa shape index (κ1) is 11.4. The highest BCUT2D eigenvalue weighted by Gasteiger charge is 2.53. The molecule has 92 valence electrons. The number of rotatable bonds is 3. The molecule has 1 aliphatic carbocycles. The third-order valence-corrected chi connectivity index (χ3v) is 4.05. The number of fused-ring (bicyclic) bond motifs is 1. The molecule has 2 aliphatic rings. The molecule has 18 heavy (non-hydrogen) atoms. The number of carbonyl (C=O) groups is 1. The van der Waals surface area contributed by atoms with Gasteiger partial charge in [0.05, 0.1) is 10.8 Å². The van der Waals surface area contributed by atoms with Gasteiger partial charge in [0.1, 0.15) is 16.4 Å². The average Bonchev–Trinajstić information content (AvgIpc) is 3.00. The lowest BCUT2D eigenvalue weighted by Gasteiger charge is -2.11. The van der Waals surface area contributed by atoms with Crippen molar-refractivity contribution in [3.05, 3.63) is 53.8 Å². The Kier molecular flexibility index (Phi) is 2.46. The number of carboxylic acids is 1. The van der Waals surface area contributed by atoms with Gasteiger partial charge in [-0.05, 0) is 36.4 Å². The topological polar surface area (TPSA) is 66.8 Å². The zero-order valence-electron chi connectivity index (χ0n) is 9.24. The highest BCUT2D eigenvalue weighted by molar-refractivity contribution is 8.08. The molecule has 1 aromatic carbocycles. The second kappa shape index (κ2) is 3.90. The van der Waals surface area contributed by atoms with Crippen molar-refractivity contribution in [2.45, 2.75) is 10.2 Å². The van der Waals surface area contributed by atoms with Gasteiger partial charge < -0.3 is 14.9 Å². The molecule has 1 heterocycles. The fourth-order valence-electron chi connectivity index (χ4n) is 1.76. The van der Waals surface area contributed by atoms with Gasteiger partial charge in [-0.3, -0.25) is 0 Å². The maximum atomic E-state index is 10.8. The van der Waals surface area contributed by atoms with Crippen LogP contribution in [0.3, 0.4) is 0 Å².